The smallest absolute Gasteiger partial charge is 0.116 e. The molecule has 0 bridgehead atoms. The van der Waals surface area contributed by atoms with Crippen LogP contribution in [0.5, 0.6) is 0 Å². The van der Waals surface area contributed by atoms with Crippen molar-refractivity contribution in [3.8, 4) is 0 Å². The lowest BCUT2D eigenvalue weighted by atomic mass is 10.0. The summed E-state index contributed by atoms with van der Waals surface area (Å²) in [6, 6.07) is 6.27. The highest BCUT2D eigenvalue weighted by atomic mass is 35.5. The number of halogens is 1. The summed E-state index contributed by atoms with van der Waals surface area (Å²) in [6.07, 6.45) is 1.07. The molecule has 1 aromatic heterocycles. The van der Waals surface area contributed by atoms with Gasteiger partial charge in [-0.15, -0.1) is 0 Å². The lowest BCUT2D eigenvalue weighted by molar-refractivity contribution is 0.187. The van der Waals surface area contributed by atoms with E-state index in [4.69, 9.17) is 21.3 Å². The molecule has 5 heteroatoms. The van der Waals surface area contributed by atoms with E-state index < -0.39 is 0 Å². The Morgan fingerprint density at radius 3 is 3.00 bits per heavy atom. The van der Waals surface area contributed by atoms with Crippen molar-refractivity contribution >= 4 is 22.6 Å². The Balaban J connectivity index is 2.06. The van der Waals surface area contributed by atoms with Gasteiger partial charge in [0, 0.05) is 17.6 Å². The minimum Gasteiger partial charge on any atom is -0.379 e. The lowest BCUT2D eigenvalue weighted by Gasteiger charge is -2.19. The third-order valence-corrected chi connectivity index (χ3v) is 4.30. The van der Waals surface area contributed by atoms with Gasteiger partial charge in [0.05, 0.1) is 30.2 Å². The topological polar surface area (TPSA) is 39.1 Å². The number of fused-ring (bicyclic) bond motifs is 1. The third kappa shape index (κ3) is 2.80. The Bertz CT molecular complexity index is 625. The molecule has 1 aliphatic heterocycles. The van der Waals surface area contributed by atoms with Gasteiger partial charge in [-0.05, 0) is 31.2 Å². The van der Waals surface area contributed by atoms with Gasteiger partial charge < -0.3 is 14.6 Å². The molecule has 4 nitrogen and oxygen atoms in total. The standard InChI is InChI=1S/C16H22ClN3O/c1-3-7-20-15-8-11(17)5-6-13(15)19-16(20)12-9-21-10-14(12)18-4-2/h5-6,8,12,14,18H,3-4,7,9-10H2,1-2H3. The van der Waals surface area contributed by atoms with Gasteiger partial charge in [-0.2, -0.15) is 0 Å². The SMILES string of the molecule is CCCn1c(C2COCC2NCC)nc2ccc(Cl)cc21. The second kappa shape index (κ2) is 6.34. The van der Waals surface area contributed by atoms with Gasteiger partial charge in [0.15, 0.2) is 0 Å². The monoisotopic (exact) mass is 307 g/mol. The van der Waals surface area contributed by atoms with E-state index in [1.807, 2.05) is 18.2 Å². The summed E-state index contributed by atoms with van der Waals surface area (Å²) in [6.45, 7) is 7.72. The molecule has 1 aromatic carbocycles. The maximum absolute atomic E-state index is 6.16. The van der Waals surface area contributed by atoms with Crippen molar-refractivity contribution < 1.29 is 4.74 Å². The Kier molecular flexibility index (Phi) is 4.48. The molecule has 2 unspecified atom stereocenters. The van der Waals surface area contributed by atoms with Crippen molar-refractivity contribution in [1.29, 1.82) is 0 Å². The van der Waals surface area contributed by atoms with E-state index in [2.05, 4.69) is 23.7 Å². The Hall–Kier alpha value is -1.10. The van der Waals surface area contributed by atoms with Gasteiger partial charge in [0.2, 0.25) is 0 Å². The Morgan fingerprint density at radius 1 is 1.38 bits per heavy atom. The third-order valence-electron chi connectivity index (χ3n) is 4.07. The molecule has 114 valence electrons. The fourth-order valence-electron chi connectivity index (χ4n) is 3.13. The van der Waals surface area contributed by atoms with Gasteiger partial charge in [-0.25, -0.2) is 4.98 Å². The van der Waals surface area contributed by atoms with Gasteiger partial charge in [-0.3, -0.25) is 0 Å². The molecule has 2 atom stereocenters. The van der Waals surface area contributed by atoms with Gasteiger partial charge in [-0.1, -0.05) is 25.4 Å². The molecule has 0 radical (unpaired) electrons. The number of aryl methyl sites for hydroxylation is 1. The highest BCUT2D eigenvalue weighted by molar-refractivity contribution is 6.31. The number of benzene rings is 1. The molecule has 1 N–H and O–H groups in total. The van der Waals surface area contributed by atoms with Gasteiger partial charge in [0.25, 0.3) is 0 Å². The van der Waals surface area contributed by atoms with Crippen molar-refractivity contribution in [3.63, 3.8) is 0 Å². The van der Waals surface area contributed by atoms with Crippen molar-refractivity contribution in [2.24, 2.45) is 0 Å². The van der Waals surface area contributed by atoms with E-state index >= 15 is 0 Å². The molecule has 2 heterocycles. The Morgan fingerprint density at radius 2 is 2.24 bits per heavy atom. The quantitative estimate of drug-likeness (QED) is 0.922. The first-order chi connectivity index (χ1) is 10.2. The molecular weight excluding hydrogens is 286 g/mol. The molecule has 21 heavy (non-hydrogen) atoms. The van der Waals surface area contributed by atoms with Crippen molar-refractivity contribution in [3.05, 3.63) is 29.0 Å². The number of likely N-dealkylation sites (N-methyl/N-ethyl adjacent to an activating group) is 1. The van der Waals surface area contributed by atoms with E-state index in [0.29, 0.717) is 12.0 Å². The first-order valence-corrected chi connectivity index (χ1v) is 8.09. The number of ether oxygens (including phenoxy) is 1. The minimum atomic E-state index is 0.308. The molecule has 1 saturated heterocycles. The van der Waals surface area contributed by atoms with Crippen LogP contribution in [0.4, 0.5) is 0 Å². The van der Waals surface area contributed by atoms with Crippen molar-refractivity contribution in [1.82, 2.24) is 14.9 Å². The fourth-order valence-corrected chi connectivity index (χ4v) is 3.29. The zero-order valence-electron chi connectivity index (χ0n) is 12.6. The van der Waals surface area contributed by atoms with Crippen molar-refractivity contribution in [2.45, 2.75) is 38.8 Å². The van der Waals surface area contributed by atoms with E-state index in [0.717, 1.165) is 54.6 Å². The number of aromatic nitrogens is 2. The van der Waals surface area contributed by atoms with Crippen molar-refractivity contribution in [2.75, 3.05) is 19.8 Å². The maximum atomic E-state index is 6.16. The van der Waals surface area contributed by atoms with Crippen LogP contribution in [-0.2, 0) is 11.3 Å². The highest BCUT2D eigenvalue weighted by Gasteiger charge is 2.32. The average molecular weight is 308 g/mol. The number of hydrogen-bond donors (Lipinski definition) is 1. The Labute approximate surface area is 130 Å². The predicted molar refractivity (Wildman–Crippen MR) is 86.1 cm³/mol. The maximum Gasteiger partial charge on any atom is 0.116 e. The second-order valence-electron chi connectivity index (χ2n) is 5.56. The summed E-state index contributed by atoms with van der Waals surface area (Å²) in [7, 11) is 0. The number of nitrogens with one attached hydrogen (secondary N) is 1. The first-order valence-electron chi connectivity index (χ1n) is 7.71. The van der Waals surface area contributed by atoms with Crippen LogP contribution in [0.15, 0.2) is 18.2 Å². The van der Waals surface area contributed by atoms with Gasteiger partial charge in [0.1, 0.15) is 5.82 Å². The summed E-state index contributed by atoms with van der Waals surface area (Å²) in [5.41, 5.74) is 2.14. The second-order valence-corrected chi connectivity index (χ2v) is 6.00. The van der Waals surface area contributed by atoms with Crippen LogP contribution in [0.2, 0.25) is 5.02 Å². The molecule has 2 aromatic rings. The summed E-state index contributed by atoms with van der Waals surface area (Å²) in [5.74, 6) is 1.43. The molecule has 0 saturated carbocycles. The highest BCUT2D eigenvalue weighted by Crippen LogP contribution is 2.30. The van der Waals surface area contributed by atoms with Crippen LogP contribution in [0.25, 0.3) is 11.0 Å². The largest absolute Gasteiger partial charge is 0.379 e. The van der Waals surface area contributed by atoms with Crippen LogP contribution in [0.1, 0.15) is 32.0 Å². The number of hydrogen-bond acceptors (Lipinski definition) is 3. The minimum absolute atomic E-state index is 0.308. The fraction of sp³-hybridized carbons (Fsp3) is 0.562. The summed E-state index contributed by atoms with van der Waals surface area (Å²) >= 11 is 6.16. The summed E-state index contributed by atoms with van der Waals surface area (Å²) in [4.78, 5) is 4.87. The molecular formula is C16H22ClN3O. The summed E-state index contributed by atoms with van der Waals surface area (Å²) < 4.78 is 8.00. The number of imidazole rings is 1. The predicted octanol–water partition coefficient (Wildman–Crippen LogP) is 3.19. The van der Waals surface area contributed by atoms with Crippen LogP contribution in [0, 0.1) is 0 Å². The van der Waals surface area contributed by atoms with E-state index in [1.165, 1.54) is 0 Å². The summed E-state index contributed by atoms with van der Waals surface area (Å²) in [5, 5.41) is 4.27. The van der Waals surface area contributed by atoms with Crippen LogP contribution in [0.3, 0.4) is 0 Å². The molecule has 0 amide bonds. The lowest BCUT2D eigenvalue weighted by Crippen LogP contribution is -2.35. The number of rotatable bonds is 5. The normalized spacial score (nSPS) is 22.2. The molecule has 1 fully saturated rings. The molecule has 1 aliphatic rings. The average Bonchev–Trinajstić information content (AvgIpc) is 3.05. The van der Waals surface area contributed by atoms with E-state index in [9.17, 15) is 0 Å². The first kappa shape index (κ1) is 14.8. The molecule has 3 rings (SSSR count). The zero-order valence-corrected chi connectivity index (χ0v) is 13.4. The van der Waals surface area contributed by atoms with Crippen LogP contribution in [-0.4, -0.2) is 35.4 Å². The van der Waals surface area contributed by atoms with E-state index in [-0.39, 0.29) is 0 Å². The molecule has 0 spiro atoms. The van der Waals surface area contributed by atoms with Gasteiger partial charge >= 0.3 is 0 Å². The van der Waals surface area contributed by atoms with E-state index in [1.54, 1.807) is 0 Å². The van der Waals surface area contributed by atoms with Crippen LogP contribution >= 0.6 is 11.6 Å². The molecule has 0 aliphatic carbocycles. The zero-order chi connectivity index (χ0) is 14.8. The number of nitrogens with zero attached hydrogens (tertiary/aromatic N) is 2. The van der Waals surface area contributed by atoms with Crippen LogP contribution < -0.4 is 5.32 Å².